The maximum absolute atomic E-state index is 13.7. The minimum Gasteiger partial charge on any atom is -0.497 e. The first-order chi connectivity index (χ1) is 18.9. The smallest absolute Gasteiger partial charge is 0.312 e. The first kappa shape index (κ1) is 24.3. The molecule has 0 fully saturated rings. The Morgan fingerprint density at radius 2 is 1.69 bits per heavy atom. The van der Waals surface area contributed by atoms with Gasteiger partial charge in [0.05, 0.1) is 44.2 Å². The zero-order chi connectivity index (χ0) is 27.3. The van der Waals surface area contributed by atoms with Crippen molar-refractivity contribution in [2.45, 2.75) is 12.3 Å². The van der Waals surface area contributed by atoms with Crippen molar-refractivity contribution >= 4 is 27.8 Å². The van der Waals surface area contributed by atoms with Crippen molar-refractivity contribution in [1.29, 1.82) is 0 Å². The van der Waals surface area contributed by atoms with E-state index in [0.717, 1.165) is 5.39 Å². The molecule has 0 aliphatic carbocycles. The van der Waals surface area contributed by atoms with Crippen LogP contribution in [0, 0.1) is 0 Å². The fraction of sp³-hybridized carbons (Fsp3) is 0.167. The van der Waals surface area contributed by atoms with E-state index in [1.807, 2.05) is 6.07 Å². The van der Waals surface area contributed by atoms with E-state index in [0.29, 0.717) is 50.4 Å². The van der Waals surface area contributed by atoms with Gasteiger partial charge in [-0.05, 0) is 53.4 Å². The fourth-order valence-corrected chi connectivity index (χ4v) is 5.11. The Morgan fingerprint density at radius 1 is 0.872 bits per heavy atom. The van der Waals surface area contributed by atoms with E-state index in [1.54, 1.807) is 55.6 Å². The molecule has 0 bridgehead atoms. The summed E-state index contributed by atoms with van der Waals surface area (Å²) in [6.45, 7) is 0. The highest BCUT2D eigenvalue weighted by Gasteiger charge is 2.34. The maximum atomic E-state index is 13.7. The van der Waals surface area contributed by atoms with E-state index >= 15 is 0 Å². The number of hydrogen-bond acceptors (Lipinski definition) is 8. The summed E-state index contributed by atoms with van der Waals surface area (Å²) in [4.78, 5) is 42.3. The molecule has 6 rings (SSSR count). The highest BCUT2D eigenvalue weighted by molar-refractivity contribution is 5.91. The Bertz CT molecular complexity index is 1900. The normalized spacial score (nSPS) is 14.6. The van der Waals surface area contributed by atoms with Gasteiger partial charge in [0.25, 0.3) is 5.56 Å². The third kappa shape index (κ3) is 3.99. The fourth-order valence-electron chi connectivity index (χ4n) is 5.11. The number of fused-ring (bicyclic) bond motifs is 4. The minimum atomic E-state index is -0.685. The van der Waals surface area contributed by atoms with Gasteiger partial charge in [-0.1, -0.05) is 6.07 Å². The number of benzene rings is 3. The molecule has 1 atom stereocenters. The first-order valence-electron chi connectivity index (χ1n) is 12.1. The van der Waals surface area contributed by atoms with Crippen LogP contribution in [0.15, 0.2) is 74.9 Å². The number of pyridine rings is 1. The predicted octanol–water partition coefficient (Wildman–Crippen LogP) is 4.77. The number of ether oxygens (including phenoxy) is 4. The Hall–Kier alpha value is -5.05. The summed E-state index contributed by atoms with van der Waals surface area (Å²) in [5.41, 5.74) is 1.98. The van der Waals surface area contributed by atoms with Crippen LogP contribution in [0.5, 0.6) is 23.0 Å². The average molecular weight is 526 g/mol. The number of carbonyl (C=O) groups is 1. The van der Waals surface area contributed by atoms with Gasteiger partial charge >= 0.3 is 5.97 Å². The Balaban J connectivity index is 1.54. The van der Waals surface area contributed by atoms with Gasteiger partial charge in [-0.15, -0.1) is 0 Å². The van der Waals surface area contributed by atoms with E-state index in [2.05, 4.69) is 4.98 Å². The van der Waals surface area contributed by atoms with Gasteiger partial charge in [-0.3, -0.25) is 14.4 Å². The summed E-state index contributed by atoms with van der Waals surface area (Å²) in [7, 11) is 4.60. The largest absolute Gasteiger partial charge is 0.497 e. The number of carbonyl (C=O) groups excluding carboxylic acids is 1. The van der Waals surface area contributed by atoms with Crippen LogP contribution in [0.4, 0.5) is 0 Å². The molecular weight excluding hydrogens is 502 g/mol. The number of H-pyrrole nitrogens is 1. The Morgan fingerprint density at radius 3 is 2.46 bits per heavy atom. The van der Waals surface area contributed by atoms with Crippen LogP contribution < -0.4 is 29.9 Å². The quantitative estimate of drug-likeness (QED) is 0.258. The third-order valence-electron chi connectivity index (χ3n) is 7.03. The second-order valence-electron chi connectivity index (χ2n) is 9.14. The molecule has 0 amide bonds. The van der Waals surface area contributed by atoms with Gasteiger partial charge in [-0.2, -0.15) is 0 Å². The highest BCUT2D eigenvalue weighted by atomic mass is 16.5. The van der Waals surface area contributed by atoms with E-state index in [-0.39, 0.29) is 28.7 Å². The van der Waals surface area contributed by atoms with Crippen molar-refractivity contribution in [3.8, 4) is 34.1 Å². The molecule has 1 unspecified atom stereocenters. The summed E-state index contributed by atoms with van der Waals surface area (Å²) < 4.78 is 27.5. The second-order valence-corrected chi connectivity index (χ2v) is 9.14. The van der Waals surface area contributed by atoms with Crippen LogP contribution in [0.25, 0.3) is 33.0 Å². The number of esters is 1. The molecule has 1 aliphatic rings. The van der Waals surface area contributed by atoms with Crippen LogP contribution in [-0.2, 0) is 4.79 Å². The topological polar surface area (TPSA) is 117 Å². The molecule has 39 heavy (non-hydrogen) atoms. The van der Waals surface area contributed by atoms with E-state index in [9.17, 15) is 14.4 Å². The predicted molar refractivity (Wildman–Crippen MR) is 144 cm³/mol. The van der Waals surface area contributed by atoms with Gasteiger partial charge in [0.15, 0.2) is 11.5 Å². The van der Waals surface area contributed by atoms with Crippen molar-refractivity contribution in [3.63, 3.8) is 0 Å². The summed E-state index contributed by atoms with van der Waals surface area (Å²) in [5, 5.41) is 1.06. The molecule has 9 nitrogen and oxygen atoms in total. The van der Waals surface area contributed by atoms with E-state index in [4.69, 9.17) is 23.4 Å². The lowest BCUT2D eigenvalue weighted by Gasteiger charge is -2.25. The molecule has 2 aromatic heterocycles. The third-order valence-corrected chi connectivity index (χ3v) is 7.03. The van der Waals surface area contributed by atoms with E-state index in [1.165, 1.54) is 20.5 Å². The molecule has 0 saturated heterocycles. The van der Waals surface area contributed by atoms with Crippen LogP contribution in [0.1, 0.15) is 23.5 Å². The first-order valence-corrected chi connectivity index (χ1v) is 12.1. The lowest BCUT2D eigenvalue weighted by Crippen LogP contribution is -2.26. The Labute approximate surface area is 221 Å². The van der Waals surface area contributed by atoms with Crippen LogP contribution in [-0.4, -0.2) is 32.3 Å². The zero-order valence-corrected chi connectivity index (χ0v) is 21.3. The van der Waals surface area contributed by atoms with Crippen molar-refractivity contribution in [3.05, 3.63) is 92.6 Å². The molecular formula is C30H23NO8. The van der Waals surface area contributed by atoms with Gasteiger partial charge in [0, 0.05) is 23.1 Å². The summed E-state index contributed by atoms with van der Waals surface area (Å²) >= 11 is 0. The van der Waals surface area contributed by atoms with E-state index < -0.39 is 11.9 Å². The van der Waals surface area contributed by atoms with Crippen molar-refractivity contribution in [1.82, 2.24) is 4.98 Å². The van der Waals surface area contributed by atoms with Crippen LogP contribution in [0.3, 0.4) is 0 Å². The van der Waals surface area contributed by atoms with Gasteiger partial charge in [-0.25, -0.2) is 0 Å². The Kier molecular flexibility index (Phi) is 5.83. The van der Waals surface area contributed by atoms with Crippen molar-refractivity contribution in [2.24, 2.45) is 0 Å². The van der Waals surface area contributed by atoms with Gasteiger partial charge in [0.2, 0.25) is 5.43 Å². The molecule has 0 saturated carbocycles. The molecule has 3 heterocycles. The second kappa shape index (κ2) is 9.36. The number of hydrogen-bond donors (Lipinski definition) is 1. The molecule has 1 aliphatic heterocycles. The SMILES string of the molecule is COc1ccc2cc(C3CC(=O)Oc4ccc5c(=O)c(-c6ccc(OC)c(OC)c6)coc5c43)c(=O)[nH]c2c1. The van der Waals surface area contributed by atoms with Crippen LogP contribution >= 0.6 is 0 Å². The number of aromatic nitrogens is 1. The number of aromatic amines is 1. The lowest BCUT2D eigenvalue weighted by molar-refractivity contribution is -0.135. The number of nitrogens with one attached hydrogen (secondary N) is 1. The monoisotopic (exact) mass is 525 g/mol. The summed E-state index contributed by atoms with van der Waals surface area (Å²) in [5.74, 6) is 0.695. The highest BCUT2D eigenvalue weighted by Crippen LogP contribution is 2.42. The maximum Gasteiger partial charge on any atom is 0.312 e. The standard InChI is InChI=1S/C30H23NO8/c1-35-17-6-4-16-10-20(30(34)31-22(16)12-17)19-13-26(32)39-24-9-7-18-28(33)21(14-38-29(18)27(19)24)15-5-8-23(36-2)25(11-15)37-3/h4-12,14,19H,13H2,1-3H3,(H,31,34). The number of rotatable bonds is 5. The molecule has 9 heteroatoms. The average Bonchev–Trinajstić information content (AvgIpc) is 2.95. The molecule has 196 valence electrons. The minimum absolute atomic E-state index is 0.0853. The van der Waals surface area contributed by atoms with Crippen molar-refractivity contribution in [2.75, 3.05) is 21.3 Å². The number of methoxy groups -OCH3 is 3. The molecule has 5 aromatic rings. The van der Waals surface area contributed by atoms with Crippen molar-refractivity contribution < 1.29 is 28.2 Å². The van der Waals surface area contributed by atoms with Gasteiger partial charge < -0.3 is 28.3 Å². The summed E-state index contributed by atoms with van der Waals surface area (Å²) in [6, 6.07) is 15.4. The molecule has 0 spiro atoms. The zero-order valence-electron chi connectivity index (χ0n) is 21.3. The molecule has 0 radical (unpaired) electrons. The summed E-state index contributed by atoms with van der Waals surface area (Å²) in [6.07, 6.45) is 1.29. The molecule has 3 aromatic carbocycles. The van der Waals surface area contributed by atoms with Gasteiger partial charge in [0.1, 0.15) is 23.3 Å². The van der Waals surface area contributed by atoms with Crippen LogP contribution in [0.2, 0.25) is 0 Å². The lowest BCUT2D eigenvalue weighted by atomic mass is 9.85. The molecule has 1 N–H and O–H groups in total.